The third-order valence-electron chi connectivity index (χ3n) is 4.72. The van der Waals surface area contributed by atoms with Gasteiger partial charge in [0, 0.05) is 27.1 Å². The van der Waals surface area contributed by atoms with Gasteiger partial charge >= 0.3 is 0 Å². The predicted molar refractivity (Wildman–Crippen MR) is 105 cm³/mol. The maximum Gasteiger partial charge on any atom is 0.175 e. The van der Waals surface area contributed by atoms with Crippen molar-refractivity contribution in [2.45, 2.75) is 36.3 Å². The second-order valence-electron chi connectivity index (χ2n) is 6.43. The highest BCUT2D eigenvalue weighted by atomic mass is 35.5. The number of nitrogens with zero attached hydrogens (tertiary/aromatic N) is 1. The van der Waals surface area contributed by atoms with Gasteiger partial charge in [0.1, 0.15) is 0 Å². The summed E-state index contributed by atoms with van der Waals surface area (Å²) in [7, 11) is 0. The minimum Gasteiger partial charge on any atom is -0.293 e. The first-order valence-electron chi connectivity index (χ1n) is 8.49. The summed E-state index contributed by atoms with van der Waals surface area (Å²) in [4.78, 5) is 18.3. The number of benzene rings is 2. The fraction of sp³-hybridized carbons (Fsp3) is 0.238. The number of fused-ring (bicyclic) bond motifs is 2. The van der Waals surface area contributed by atoms with Gasteiger partial charge in [0.05, 0.1) is 10.8 Å². The lowest BCUT2D eigenvalue weighted by Crippen LogP contribution is -2.13. The number of ketones is 1. The van der Waals surface area contributed by atoms with Crippen molar-refractivity contribution >= 4 is 40.0 Å². The Kier molecular flexibility index (Phi) is 4.53. The van der Waals surface area contributed by atoms with Crippen LogP contribution in [-0.2, 0) is 12.8 Å². The van der Waals surface area contributed by atoms with Gasteiger partial charge < -0.3 is 0 Å². The Morgan fingerprint density at radius 3 is 2.84 bits per heavy atom. The minimum atomic E-state index is -0.152. The Morgan fingerprint density at radius 2 is 1.96 bits per heavy atom. The van der Waals surface area contributed by atoms with Crippen LogP contribution >= 0.6 is 23.4 Å². The van der Waals surface area contributed by atoms with Crippen molar-refractivity contribution < 1.29 is 4.79 Å². The largest absolute Gasteiger partial charge is 0.293 e. The number of thioether (sulfide) groups is 1. The van der Waals surface area contributed by atoms with Crippen molar-refractivity contribution in [1.82, 2.24) is 4.98 Å². The zero-order chi connectivity index (χ0) is 17.4. The molecule has 0 fully saturated rings. The highest BCUT2D eigenvalue weighted by Gasteiger charge is 2.20. The number of hydrogen-bond acceptors (Lipinski definition) is 3. The van der Waals surface area contributed by atoms with Crippen LogP contribution in [0.4, 0.5) is 0 Å². The zero-order valence-electron chi connectivity index (χ0n) is 14.0. The summed E-state index contributed by atoms with van der Waals surface area (Å²) < 4.78 is 0. The van der Waals surface area contributed by atoms with E-state index in [9.17, 15) is 4.79 Å². The van der Waals surface area contributed by atoms with Crippen LogP contribution in [-0.4, -0.2) is 16.0 Å². The Hall–Kier alpha value is -1.84. The monoisotopic (exact) mass is 367 g/mol. The average molecular weight is 368 g/mol. The number of carbonyl (C=O) groups excluding carboxylic acids is 1. The molecule has 0 unspecified atom stereocenters. The number of aromatic nitrogens is 1. The normalized spacial score (nSPS) is 14.5. The van der Waals surface area contributed by atoms with Gasteiger partial charge in [-0.05, 0) is 61.6 Å². The molecule has 0 spiro atoms. The summed E-state index contributed by atoms with van der Waals surface area (Å²) in [5.41, 5.74) is 4.41. The fourth-order valence-corrected chi connectivity index (χ4v) is 4.63. The predicted octanol–water partition coefficient (Wildman–Crippen LogP) is 5.74. The molecule has 0 saturated heterocycles. The molecule has 0 aliphatic heterocycles. The van der Waals surface area contributed by atoms with Crippen molar-refractivity contribution in [3.05, 3.63) is 70.4 Å². The van der Waals surface area contributed by atoms with Crippen LogP contribution in [0.5, 0.6) is 0 Å². The molecule has 1 aliphatic rings. The standard InChI is InChI=1S/C21H18ClNOS/c1-13(21(24)16-6-5-14-3-2-4-15(14)11-16)25-20-9-10-23-19-12-17(22)7-8-18(19)20/h5-13H,2-4H2,1H3/t13-/m0/s1. The number of pyridine rings is 1. The molecule has 1 aromatic heterocycles. The topological polar surface area (TPSA) is 30.0 Å². The van der Waals surface area contributed by atoms with Crippen molar-refractivity contribution in [2.75, 3.05) is 0 Å². The quantitative estimate of drug-likeness (QED) is 0.435. The molecular weight excluding hydrogens is 350 g/mol. The molecule has 1 atom stereocenters. The molecule has 2 nitrogen and oxygen atoms in total. The number of rotatable bonds is 4. The molecule has 0 radical (unpaired) electrons. The Bertz CT molecular complexity index is 969. The molecular formula is C21H18ClNOS. The van der Waals surface area contributed by atoms with Crippen molar-refractivity contribution in [3.8, 4) is 0 Å². The van der Waals surface area contributed by atoms with E-state index in [4.69, 9.17) is 11.6 Å². The van der Waals surface area contributed by atoms with Crippen LogP contribution in [0.1, 0.15) is 34.8 Å². The number of carbonyl (C=O) groups is 1. The SMILES string of the molecule is C[C@H](Sc1ccnc2cc(Cl)ccc12)C(=O)c1ccc2c(c1)CCC2. The molecule has 25 heavy (non-hydrogen) atoms. The molecule has 0 N–H and O–H groups in total. The first-order chi connectivity index (χ1) is 12.1. The molecule has 0 amide bonds. The molecule has 2 aromatic carbocycles. The lowest BCUT2D eigenvalue weighted by Gasteiger charge is -2.13. The van der Waals surface area contributed by atoms with E-state index in [-0.39, 0.29) is 11.0 Å². The van der Waals surface area contributed by atoms with Crippen molar-refractivity contribution in [1.29, 1.82) is 0 Å². The lowest BCUT2D eigenvalue weighted by molar-refractivity contribution is 0.0994. The second kappa shape index (κ2) is 6.81. The highest BCUT2D eigenvalue weighted by Crippen LogP contribution is 2.33. The van der Waals surface area contributed by atoms with E-state index < -0.39 is 0 Å². The molecule has 0 bridgehead atoms. The van der Waals surface area contributed by atoms with E-state index in [1.165, 1.54) is 17.5 Å². The van der Waals surface area contributed by atoms with Gasteiger partial charge in [-0.2, -0.15) is 0 Å². The number of hydrogen-bond donors (Lipinski definition) is 0. The Morgan fingerprint density at radius 1 is 1.12 bits per heavy atom. The van der Waals surface area contributed by atoms with Crippen LogP contribution in [0.25, 0.3) is 10.9 Å². The van der Waals surface area contributed by atoms with E-state index in [2.05, 4.69) is 17.1 Å². The summed E-state index contributed by atoms with van der Waals surface area (Å²) in [5, 5.41) is 1.55. The average Bonchev–Trinajstić information content (AvgIpc) is 3.08. The second-order valence-corrected chi connectivity index (χ2v) is 8.25. The maximum absolute atomic E-state index is 12.9. The highest BCUT2D eigenvalue weighted by molar-refractivity contribution is 8.00. The van der Waals surface area contributed by atoms with Crippen LogP contribution < -0.4 is 0 Å². The van der Waals surface area contributed by atoms with Crippen molar-refractivity contribution in [2.24, 2.45) is 0 Å². The fourth-order valence-electron chi connectivity index (χ4n) is 3.40. The molecule has 3 aromatic rings. The van der Waals surface area contributed by atoms with Gasteiger partial charge in [-0.25, -0.2) is 0 Å². The summed E-state index contributed by atoms with van der Waals surface area (Å²) in [6.45, 7) is 1.97. The van der Waals surface area contributed by atoms with Crippen LogP contribution in [0.2, 0.25) is 5.02 Å². The first-order valence-corrected chi connectivity index (χ1v) is 9.74. The molecule has 4 heteroatoms. The third-order valence-corrected chi connectivity index (χ3v) is 6.13. The van der Waals surface area contributed by atoms with Crippen LogP contribution in [0, 0.1) is 0 Å². The van der Waals surface area contributed by atoms with E-state index in [1.54, 1.807) is 18.0 Å². The Labute approximate surface area is 156 Å². The molecule has 1 heterocycles. The van der Waals surface area contributed by atoms with Crippen LogP contribution in [0.15, 0.2) is 53.6 Å². The maximum atomic E-state index is 12.9. The van der Waals surface area contributed by atoms with Crippen molar-refractivity contribution in [3.63, 3.8) is 0 Å². The molecule has 4 rings (SSSR count). The van der Waals surface area contributed by atoms with Gasteiger partial charge in [-0.1, -0.05) is 29.8 Å². The van der Waals surface area contributed by atoms with Gasteiger partial charge in [-0.15, -0.1) is 11.8 Å². The zero-order valence-corrected chi connectivity index (χ0v) is 15.5. The third kappa shape index (κ3) is 3.31. The summed E-state index contributed by atoms with van der Waals surface area (Å²) in [6.07, 6.45) is 5.20. The summed E-state index contributed by atoms with van der Waals surface area (Å²) >= 11 is 7.64. The number of aryl methyl sites for hydroxylation is 2. The van der Waals surface area contributed by atoms with E-state index in [1.807, 2.05) is 37.3 Å². The first kappa shape index (κ1) is 16.6. The van der Waals surface area contributed by atoms with E-state index in [0.29, 0.717) is 5.02 Å². The van der Waals surface area contributed by atoms with Gasteiger partial charge in [0.2, 0.25) is 0 Å². The molecule has 0 saturated carbocycles. The van der Waals surface area contributed by atoms with E-state index in [0.717, 1.165) is 34.2 Å². The van der Waals surface area contributed by atoms with Crippen LogP contribution in [0.3, 0.4) is 0 Å². The summed E-state index contributed by atoms with van der Waals surface area (Å²) in [5.74, 6) is 0.179. The van der Waals surface area contributed by atoms with E-state index >= 15 is 0 Å². The van der Waals surface area contributed by atoms with Gasteiger partial charge in [0.25, 0.3) is 0 Å². The van der Waals surface area contributed by atoms with Gasteiger partial charge in [-0.3, -0.25) is 9.78 Å². The smallest absolute Gasteiger partial charge is 0.175 e. The molecule has 126 valence electrons. The summed E-state index contributed by atoms with van der Waals surface area (Å²) in [6, 6.07) is 13.8. The number of halogens is 1. The number of Topliss-reactive ketones (excluding diaryl/α,β-unsaturated/α-hetero) is 1. The minimum absolute atomic E-state index is 0.152. The van der Waals surface area contributed by atoms with Gasteiger partial charge in [0.15, 0.2) is 5.78 Å². The Balaban J connectivity index is 1.59. The molecule has 1 aliphatic carbocycles. The lowest BCUT2D eigenvalue weighted by atomic mass is 10.0.